The third-order valence-electron chi connectivity index (χ3n) is 4.46. The van der Waals surface area contributed by atoms with Crippen LogP contribution in [0.2, 0.25) is 0 Å². The Morgan fingerprint density at radius 2 is 2.19 bits per heavy atom. The third-order valence-corrected chi connectivity index (χ3v) is 4.46. The Balaban J connectivity index is 1.54. The fourth-order valence-corrected chi connectivity index (χ4v) is 3.06. The predicted octanol–water partition coefficient (Wildman–Crippen LogP) is 2.38. The van der Waals surface area contributed by atoms with Crippen molar-refractivity contribution in [1.82, 2.24) is 15.2 Å². The first-order valence-corrected chi connectivity index (χ1v) is 8.95. The lowest BCUT2D eigenvalue weighted by molar-refractivity contribution is 0.205. The molecule has 6 heteroatoms. The number of aromatic nitrogens is 1. The summed E-state index contributed by atoms with van der Waals surface area (Å²) < 4.78 is 5.96. The SMILES string of the molecule is CN=C(NCc1cccc(N(C)C)c1)N1CCC(Oc2ccccn2)C1. The largest absolute Gasteiger partial charge is 0.472 e. The molecule has 0 spiro atoms. The molecule has 0 saturated carbocycles. The van der Waals surface area contributed by atoms with E-state index in [1.54, 1.807) is 6.20 Å². The predicted molar refractivity (Wildman–Crippen MR) is 106 cm³/mol. The van der Waals surface area contributed by atoms with Crippen molar-refractivity contribution in [2.24, 2.45) is 4.99 Å². The average Bonchev–Trinajstić information content (AvgIpc) is 3.11. The van der Waals surface area contributed by atoms with Crippen LogP contribution in [0.4, 0.5) is 5.69 Å². The van der Waals surface area contributed by atoms with Gasteiger partial charge in [-0.3, -0.25) is 4.99 Å². The minimum Gasteiger partial charge on any atom is -0.472 e. The average molecular weight is 353 g/mol. The number of nitrogens with one attached hydrogen (secondary N) is 1. The molecule has 0 bridgehead atoms. The van der Waals surface area contributed by atoms with E-state index in [9.17, 15) is 0 Å². The second-order valence-corrected chi connectivity index (χ2v) is 6.61. The van der Waals surface area contributed by atoms with Crippen LogP contribution in [0.3, 0.4) is 0 Å². The molecular formula is C20H27N5O. The number of aliphatic imine (C=N–C) groups is 1. The van der Waals surface area contributed by atoms with Crippen LogP contribution in [0.5, 0.6) is 5.88 Å². The first-order valence-electron chi connectivity index (χ1n) is 8.95. The Bertz CT molecular complexity index is 732. The zero-order chi connectivity index (χ0) is 18.4. The van der Waals surface area contributed by atoms with E-state index in [0.29, 0.717) is 5.88 Å². The fourth-order valence-electron chi connectivity index (χ4n) is 3.06. The third kappa shape index (κ3) is 4.65. The summed E-state index contributed by atoms with van der Waals surface area (Å²) in [5, 5.41) is 3.46. The van der Waals surface area contributed by atoms with E-state index in [4.69, 9.17) is 4.74 Å². The summed E-state index contributed by atoms with van der Waals surface area (Å²) in [5.74, 6) is 1.59. The van der Waals surface area contributed by atoms with Gasteiger partial charge in [-0.2, -0.15) is 0 Å². The number of likely N-dealkylation sites (tertiary alicyclic amines) is 1. The molecule has 1 aliphatic rings. The van der Waals surface area contributed by atoms with Crippen LogP contribution in [0.1, 0.15) is 12.0 Å². The van der Waals surface area contributed by atoms with Gasteiger partial charge in [0.15, 0.2) is 5.96 Å². The number of hydrogen-bond acceptors (Lipinski definition) is 4. The molecule has 1 fully saturated rings. The van der Waals surface area contributed by atoms with Gasteiger partial charge in [-0.05, 0) is 23.8 Å². The summed E-state index contributed by atoms with van der Waals surface area (Å²) in [6.07, 6.45) is 2.86. The topological polar surface area (TPSA) is 53.0 Å². The molecule has 1 unspecified atom stereocenters. The number of guanidine groups is 1. The quantitative estimate of drug-likeness (QED) is 0.661. The van der Waals surface area contributed by atoms with Gasteiger partial charge in [-0.25, -0.2) is 4.98 Å². The first kappa shape index (κ1) is 18.0. The highest BCUT2D eigenvalue weighted by atomic mass is 16.5. The molecule has 0 aliphatic carbocycles. The molecular weight excluding hydrogens is 326 g/mol. The van der Waals surface area contributed by atoms with Gasteiger partial charge in [-0.15, -0.1) is 0 Å². The van der Waals surface area contributed by atoms with Crippen molar-refractivity contribution in [2.75, 3.05) is 39.1 Å². The van der Waals surface area contributed by atoms with E-state index in [1.807, 2.05) is 25.2 Å². The maximum atomic E-state index is 5.96. The highest BCUT2D eigenvalue weighted by Crippen LogP contribution is 2.17. The molecule has 26 heavy (non-hydrogen) atoms. The number of rotatable bonds is 5. The van der Waals surface area contributed by atoms with Gasteiger partial charge in [0.1, 0.15) is 6.10 Å². The number of anilines is 1. The number of pyridine rings is 1. The molecule has 0 amide bonds. The van der Waals surface area contributed by atoms with E-state index in [2.05, 4.69) is 63.5 Å². The molecule has 0 radical (unpaired) electrons. The molecule has 2 heterocycles. The normalized spacial score (nSPS) is 17.3. The summed E-state index contributed by atoms with van der Waals surface area (Å²) in [6, 6.07) is 14.2. The van der Waals surface area contributed by atoms with E-state index in [-0.39, 0.29) is 6.10 Å². The number of ether oxygens (including phenoxy) is 1. The summed E-state index contributed by atoms with van der Waals surface area (Å²) in [6.45, 7) is 2.49. The van der Waals surface area contributed by atoms with E-state index >= 15 is 0 Å². The van der Waals surface area contributed by atoms with Crippen molar-refractivity contribution in [2.45, 2.75) is 19.1 Å². The monoisotopic (exact) mass is 353 g/mol. The maximum Gasteiger partial charge on any atom is 0.213 e. The zero-order valence-corrected chi connectivity index (χ0v) is 15.7. The zero-order valence-electron chi connectivity index (χ0n) is 15.7. The van der Waals surface area contributed by atoms with Gasteiger partial charge in [0, 0.05) is 58.6 Å². The second-order valence-electron chi connectivity index (χ2n) is 6.61. The number of nitrogens with zero attached hydrogens (tertiary/aromatic N) is 4. The van der Waals surface area contributed by atoms with Crippen LogP contribution in [-0.4, -0.2) is 56.2 Å². The van der Waals surface area contributed by atoms with Crippen molar-refractivity contribution >= 4 is 11.6 Å². The van der Waals surface area contributed by atoms with Crippen LogP contribution in [-0.2, 0) is 6.54 Å². The Labute approximate surface area is 155 Å². The van der Waals surface area contributed by atoms with Crippen molar-refractivity contribution in [3.63, 3.8) is 0 Å². The standard InChI is InChI=1S/C20H27N5O/c1-21-20(23-14-16-7-6-8-17(13-16)24(2)3)25-12-10-18(15-25)26-19-9-4-5-11-22-19/h4-9,11,13,18H,10,12,14-15H2,1-3H3,(H,21,23). The molecule has 1 aliphatic heterocycles. The van der Waals surface area contributed by atoms with Gasteiger partial charge < -0.3 is 19.9 Å². The van der Waals surface area contributed by atoms with Gasteiger partial charge in [-0.1, -0.05) is 18.2 Å². The van der Waals surface area contributed by atoms with Crippen LogP contribution >= 0.6 is 0 Å². The molecule has 1 aromatic heterocycles. The summed E-state index contributed by atoms with van der Waals surface area (Å²) >= 11 is 0. The second kappa shape index (κ2) is 8.56. The summed E-state index contributed by atoms with van der Waals surface area (Å²) in [4.78, 5) is 13.0. The van der Waals surface area contributed by atoms with Crippen LogP contribution in [0, 0.1) is 0 Å². The van der Waals surface area contributed by atoms with Crippen LogP contribution < -0.4 is 15.0 Å². The highest BCUT2D eigenvalue weighted by molar-refractivity contribution is 5.80. The molecule has 2 aromatic rings. The van der Waals surface area contributed by atoms with Crippen molar-refractivity contribution < 1.29 is 4.74 Å². The Kier molecular flexibility index (Phi) is 5.94. The van der Waals surface area contributed by atoms with Gasteiger partial charge in [0.25, 0.3) is 0 Å². The van der Waals surface area contributed by atoms with Gasteiger partial charge in [0.05, 0.1) is 6.54 Å². The smallest absolute Gasteiger partial charge is 0.213 e. The van der Waals surface area contributed by atoms with Gasteiger partial charge >= 0.3 is 0 Å². The number of hydrogen-bond donors (Lipinski definition) is 1. The molecule has 6 nitrogen and oxygen atoms in total. The maximum absolute atomic E-state index is 5.96. The Morgan fingerprint density at radius 1 is 1.31 bits per heavy atom. The van der Waals surface area contributed by atoms with Crippen LogP contribution in [0.25, 0.3) is 0 Å². The Hall–Kier alpha value is -2.76. The van der Waals surface area contributed by atoms with Crippen LogP contribution in [0.15, 0.2) is 53.7 Å². The lowest BCUT2D eigenvalue weighted by atomic mass is 10.2. The Morgan fingerprint density at radius 3 is 2.92 bits per heavy atom. The van der Waals surface area contributed by atoms with Crippen molar-refractivity contribution in [1.29, 1.82) is 0 Å². The fraction of sp³-hybridized carbons (Fsp3) is 0.400. The number of benzene rings is 1. The summed E-state index contributed by atoms with van der Waals surface area (Å²) in [5.41, 5.74) is 2.43. The molecule has 1 N–H and O–H groups in total. The molecule has 1 saturated heterocycles. The lowest BCUT2D eigenvalue weighted by Gasteiger charge is -2.22. The highest BCUT2D eigenvalue weighted by Gasteiger charge is 2.26. The summed E-state index contributed by atoms with van der Waals surface area (Å²) in [7, 11) is 5.93. The van der Waals surface area contributed by atoms with Crippen molar-refractivity contribution in [3.8, 4) is 5.88 Å². The minimum absolute atomic E-state index is 0.139. The van der Waals surface area contributed by atoms with E-state index < -0.39 is 0 Å². The molecule has 3 rings (SSSR count). The first-order chi connectivity index (χ1) is 12.7. The minimum atomic E-state index is 0.139. The molecule has 138 valence electrons. The van der Waals surface area contributed by atoms with Crippen molar-refractivity contribution in [3.05, 3.63) is 54.2 Å². The van der Waals surface area contributed by atoms with E-state index in [1.165, 1.54) is 11.3 Å². The lowest BCUT2D eigenvalue weighted by Crippen LogP contribution is -2.40. The van der Waals surface area contributed by atoms with Gasteiger partial charge in [0.2, 0.25) is 5.88 Å². The molecule has 1 aromatic carbocycles. The molecule has 1 atom stereocenters. The van der Waals surface area contributed by atoms with E-state index in [0.717, 1.165) is 32.0 Å².